The van der Waals surface area contributed by atoms with Gasteiger partial charge in [-0.15, -0.1) is 10.2 Å². The van der Waals surface area contributed by atoms with Crippen molar-refractivity contribution in [2.24, 2.45) is 0 Å². The Labute approximate surface area is 279 Å². The summed E-state index contributed by atoms with van der Waals surface area (Å²) in [5, 5.41) is 12.1. The van der Waals surface area contributed by atoms with Crippen LogP contribution >= 0.6 is 0 Å². The Hall–Kier alpha value is -2.56. The molecule has 2 aromatic rings. The Kier molecular flexibility index (Phi) is 20.4. The number of nitrogens with zero attached hydrogens (tertiary/aromatic N) is 4. The molecule has 0 saturated heterocycles. The molecule has 1 aromatic heterocycles. The maximum atomic E-state index is 14.0. The molecule has 0 spiro atoms. The van der Waals surface area contributed by atoms with Gasteiger partial charge in [-0.2, -0.15) is 4.80 Å². The first-order chi connectivity index (χ1) is 22.4. The van der Waals surface area contributed by atoms with Crippen LogP contribution in [0.25, 0.3) is 0 Å². The van der Waals surface area contributed by atoms with Crippen LogP contribution in [0, 0.1) is 0 Å². The molecule has 11 heteroatoms. The molecule has 0 fully saturated rings. The SMILES string of the molecule is CCCCCCCCCCCCC(c1nnn(CCCCCCCCCCCC)n1)S(=O)(=O)Nc1c(OC)cc(OC)cc1OC. The van der Waals surface area contributed by atoms with Crippen molar-refractivity contribution in [1.29, 1.82) is 0 Å². The zero-order valence-electron chi connectivity index (χ0n) is 29.5. The molecule has 2 rings (SSSR count). The highest BCUT2D eigenvalue weighted by molar-refractivity contribution is 7.92. The predicted molar refractivity (Wildman–Crippen MR) is 188 cm³/mol. The van der Waals surface area contributed by atoms with E-state index >= 15 is 0 Å². The minimum atomic E-state index is -3.98. The molecule has 10 nitrogen and oxygen atoms in total. The zero-order valence-corrected chi connectivity index (χ0v) is 30.3. The molecule has 0 radical (unpaired) electrons. The lowest BCUT2D eigenvalue weighted by Gasteiger charge is -2.20. The molecule has 0 bridgehead atoms. The summed E-state index contributed by atoms with van der Waals surface area (Å²) >= 11 is 0. The summed E-state index contributed by atoms with van der Waals surface area (Å²) < 4.78 is 47.0. The van der Waals surface area contributed by atoms with Crippen molar-refractivity contribution in [2.45, 2.75) is 160 Å². The summed E-state index contributed by atoms with van der Waals surface area (Å²) in [6, 6.07) is 3.25. The number of anilines is 1. The molecular formula is C35H63N5O5S. The Balaban J connectivity index is 2.03. The van der Waals surface area contributed by atoms with Gasteiger partial charge >= 0.3 is 0 Å². The molecule has 1 atom stereocenters. The van der Waals surface area contributed by atoms with Crippen molar-refractivity contribution in [2.75, 3.05) is 26.1 Å². The lowest BCUT2D eigenvalue weighted by atomic mass is 10.1. The summed E-state index contributed by atoms with van der Waals surface area (Å²) in [5.74, 6) is 1.32. The van der Waals surface area contributed by atoms with Gasteiger partial charge in [-0.25, -0.2) is 8.42 Å². The number of nitrogens with one attached hydrogen (secondary N) is 1. The Morgan fingerprint density at radius 2 is 1.13 bits per heavy atom. The second kappa shape index (κ2) is 23.7. The van der Waals surface area contributed by atoms with E-state index < -0.39 is 15.3 Å². The van der Waals surface area contributed by atoms with Gasteiger partial charge in [-0.1, -0.05) is 136 Å². The summed E-state index contributed by atoms with van der Waals surface area (Å²) in [4.78, 5) is 1.55. The first kappa shape index (κ1) is 39.6. The number of rotatable bonds is 29. The number of unbranched alkanes of at least 4 members (excludes halogenated alkanes) is 18. The molecule has 264 valence electrons. The van der Waals surface area contributed by atoms with Gasteiger partial charge in [0.2, 0.25) is 10.0 Å². The van der Waals surface area contributed by atoms with Crippen LogP contribution in [0.15, 0.2) is 12.1 Å². The molecule has 1 heterocycles. The van der Waals surface area contributed by atoms with E-state index in [9.17, 15) is 8.42 Å². The number of hydrogen-bond acceptors (Lipinski definition) is 8. The number of sulfonamides is 1. The average molecular weight is 666 g/mol. The molecule has 0 aliphatic rings. The first-order valence-corrected chi connectivity index (χ1v) is 19.5. The van der Waals surface area contributed by atoms with E-state index in [0.29, 0.717) is 30.2 Å². The fraction of sp³-hybridized carbons (Fsp3) is 0.800. The van der Waals surface area contributed by atoms with Crippen molar-refractivity contribution in [3.8, 4) is 17.2 Å². The third kappa shape index (κ3) is 14.9. The average Bonchev–Trinajstić information content (AvgIpc) is 3.52. The summed E-state index contributed by atoms with van der Waals surface area (Å²) in [7, 11) is 0.510. The van der Waals surface area contributed by atoms with Crippen LogP contribution < -0.4 is 18.9 Å². The van der Waals surface area contributed by atoms with Crippen molar-refractivity contribution in [3.63, 3.8) is 0 Å². The van der Waals surface area contributed by atoms with E-state index in [1.54, 1.807) is 16.9 Å². The Morgan fingerprint density at radius 1 is 0.674 bits per heavy atom. The molecule has 0 saturated carbocycles. The van der Waals surface area contributed by atoms with Gasteiger partial charge in [-0.3, -0.25) is 4.72 Å². The molecule has 0 amide bonds. The predicted octanol–water partition coefficient (Wildman–Crippen LogP) is 9.41. The van der Waals surface area contributed by atoms with Crippen molar-refractivity contribution in [1.82, 2.24) is 20.2 Å². The topological polar surface area (TPSA) is 117 Å². The van der Waals surface area contributed by atoms with Crippen LogP contribution in [0.3, 0.4) is 0 Å². The van der Waals surface area contributed by atoms with Crippen molar-refractivity contribution < 1.29 is 22.6 Å². The summed E-state index contributed by atoms with van der Waals surface area (Å²) in [6.07, 6.45) is 24.5. The maximum absolute atomic E-state index is 14.0. The minimum absolute atomic E-state index is 0.219. The van der Waals surface area contributed by atoms with Gasteiger partial charge in [0.15, 0.2) is 5.82 Å². The number of tetrazole rings is 1. The van der Waals surface area contributed by atoms with E-state index in [2.05, 4.69) is 34.0 Å². The normalized spacial score (nSPS) is 12.3. The quantitative estimate of drug-likeness (QED) is 0.0854. The highest BCUT2D eigenvalue weighted by Gasteiger charge is 2.33. The van der Waals surface area contributed by atoms with E-state index in [1.165, 1.54) is 118 Å². The third-order valence-electron chi connectivity index (χ3n) is 8.62. The van der Waals surface area contributed by atoms with Gasteiger partial charge in [0, 0.05) is 12.1 Å². The fourth-order valence-corrected chi connectivity index (χ4v) is 7.26. The van der Waals surface area contributed by atoms with Crippen molar-refractivity contribution >= 4 is 15.7 Å². The van der Waals surface area contributed by atoms with Crippen LogP contribution in [-0.2, 0) is 16.6 Å². The number of methoxy groups -OCH3 is 3. The smallest absolute Gasteiger partial charge is 0.243 e. The standard InChI is InChI=1S/C35H63N5O5S/c1-6-8-10-12-14-16-18-20-22-24-26-33(46(41,42)38-34-31(44-4)28-30(43-3)29-32(34)45-5)35-36-39-40(37-35)27-25-23-21-19-17-15-13-11-9-7-2/h28-29,33,38H,6-27H2,1-5H3. The van der Waals surface area contributed by atoms with Gasteiger partial charge in [0.1, 0.15) is 28.2 Å². The van der Waals surface area contributed by atoms with Crippen LogP contribution in [0.5, 0.6) is 17.2 Å². The Morgan fingerprint density at radius 3 is 1.59 bits per heavy atom. The summed E-state index contributed by atoms with van der Waals surface area (Å²) in [6.45, 7) is 5.11. The van der Waals surface area contributed by atoms with Gasteiger partial charge in [-0.05, 0) is 18.1 Å². The third-order valence-corrected chi connectivity index (χ3v) is 10.3. The van der Waals surface area contributed by atoms with Crippen LogP contribution in [0.2, 0.25) is 0 Å². The van der Waals surface area contributed by atoms with E-state index in [-0.39, 0.29) is 11.5 Å². The molecule has 0 aliphatic heterocycles. The largest absolute Gasteiger partial charge is 0.496 e. The van der Waals surface area contributed by atoms with Gasteiger partial charge in [0.25, 0.3) is 0 Å². The lowest BCUT2D eigenvalue weighted by molar-refractivity contribution is 0.378. The van der Waals surface area contributed by atoms with Crippen LogP contribution in [-0.4, -0.2) is 50.0 Å². The number of aryl methyl sites for hydroxylation is 1. The van der Waals surface area contributed by atoms with Crippen LogP contribution in [0.4, 0.5) is 5.69 Å². The maximum Gasteiger partial charge on any atom is 0.243 e. The molecule has 1 aromatic carbocycles. The minimum Gasteiger partial charge on any atom is -0.496 e. The highest BCUT2D eigenvalue weighted by Crippen LogP contribution is 2.41. The monoisotopic (exact) mass is 665 g/mol. The number of ether oxygens (including phenoxy) is 3. The van der Waals surface area contributed by atoms with Crippen molar-refractivity contribution in [3.05, 3.63) is 18.0 Å². The molecule has 1 unspecified atom stereocenters. The summed E-state index contributed by atoms with van der Waals surface area (Å²) in [5.41, 5.74) is 0.219. The fourth-order valence-electron chi connectivity index (χ4n) is 5.78. The van der Waals surface area contributed by atoms with Gasteiger partial charge in [0.05, 0.1) is 27.9 Å². The lowest BCUT2D eigenvalue weighted by Crippen LogP contribution is -2.23. The second-order valence-corrected chi connectivity index (χ2v) is 14.3. The van der Waals surface area contributed by atoms with E-state index in [0.717, 1.165) is 32.1 Å². The number of benzene rings is 1. The molecule has 0 aliphatic carbocycles. The number of aromatic nitrogens is 4. The van der Waals surface area contributed by atoms with E-state index in [4.69, 9.17) is 14.2 Å². The zero-order chi connectivity index (χ0) is 33.5. The second-order valence-electron chi connectivity index (χ2n) is 12.4. The number of hydrogen-bond donors (Lipinski definition) is 1. The highest BCUT2D eigenvalue weighted by atomic mass is 32.2. The molecule has 1 N–H and O–H groups in total. The Bertz CT molecular complexity index is 1150. The molecular weight excluding hydrogens is 602 g/mol. The molecule has 46 heavy (non-hydrogen) atoms. The first-order valence-electron chi connectivity index (χ1n) is 18.0. The van der Waals surface area contributed by atoms with Crippen LogP contribution in [0.1, 0.15) is 160 Å². The van der Waals surface area contributed by atoms with E-state index in [1.807, 2.05) is 0 Å². The van der Waals surface area contributed by atoms with Gasteiger partial charge < -0.3 is 14.2 Å².